The molecule has 1 aromatic heterocycles. The van der Waals surface area contributed by atoms with Gasteiger partial charge in [0.15, 0.2) is 0 Å². The van der Waals surface area contributed by atoms with Crippen LogP contribution in [0.15, 0.2) is 17.5 Å². The summed E-state index contributed by atoms with van der Waals surface area (Å²) in [7, 11) is 0. The molecule has 88 valence electrons. The topological polar surface area (TPSA) is 43.8 Å². The second kappa shape index (κ2) is 5.32. The van der Waals surface area contributed by atoms with Crippen molar-refractivity contribution >= 4 is 22.4 Å². The number of thiophene rings is 1. The van der Waals surface area contributed by atoms with E-state index in [2.05, 4.69) is 0 Å². The standard InChI is InChI=1S/C11H16N2O2S/c14-11(15)13(10-6-5-9-16-10)12-7-3-1-2-4-8-12/h5-6,9H,1-4,7-8H2,(H,14,15). The van der Waals surface area contributed by atoms with Crippen LogP contribution in [0.25, 0.3) is 0 Å². The lowest BCUT2D eigenvalue weighted by molar-refractivity contribution is 0.170. The van der Waals surface area contributed by atoms with E-state index in [0.717, 1.165) is 30.9 Å². The van der Waals surface area contributed by atoms with E-state index >= 15 is 0 Å². The van der Waals surface area contributed by atoms with Crippen LogP contribution in [-0.2, 0) is 0 Å². The van der Waals surface area contributed by atoms with Crippen molar-refractivity contribution < 1.29 is 9.90 Å². The zero-order chi connectivity index (χ0) is 11.4. The highest BCUT2D eigenvalue weighted by Gasteiger charge is 2.24. The van der Waals surface area contributed by atoms with Gasteiger partial charge in [-0.05, 0) is 30.4 Å². The molecule has 1 fully saturated rings. The monoisotopic (exact) mass is 240 g/mol. The molecule has 1 aromatic rings. The Kier molecular flexibility index (Phi) is 3.79. The van der Waals surface area contributed by atoms with Gasteiger partial charge >= 0.3 is 6.09 Å². The molecule has 0 atom stereocenters. The largest absolute Gasteiger partial charge is 0.464 e. The van der Waals surface area contributed by atoms with Crippen molar-refractivity contribution in [1.29, 1.82) is 0 Å². The van der Waals surface area contributed by atoms with Crippen molar-refractivity contribution in [2.45, 2.75) is 25.7 Å². The molecule has 1 saturated heterocycles. The Bertz CT molecular complexity index is 332. The van der Waals surface area contributed by atoms with Gasteiger partial charge in [0, 0.05) is 13.1 Å². The smallest absolute Gasteiger partial charge is 0.427 e. The highest BCUT2D eigenvalue weighted by molar-refractivity contribution is 7.14. The van der Waals surface area contributed by atoms with Crippen LogP contribution in [0.3, 0.4) is 0 Å². The normalized spacial score (nSPS) is 18.0. The van der Waals surface area contributed by atoms with Gasteiger partial charge < -0.3 is 5.11 Å². The number of hydrazine groups is 1. The number of nitrogens with zero attached hydrogens (tertiary/aromatic N) is 2. The Labute approximate surface area is 99.1 Å². The molecule has 16 heavy (non-hydrogen) atoms. The molecule has 0 spiro atoms. The molecule has 2 heterocycles. The van der Waals surface area contributed by atoms with E-state index in [-0.39, 0.29) is 0 Å². The second-order valence-corrected chi connectivity index (χ2v) is 4.84. The van der Waals surface area contributed by atoms with Gasteiger partial charge in [-0.3, -0.25) is 0 Å². The maximum absolute atomic E-state index is 11.3. The zero-order valence-corrected chi connectivity index (χ0v) is 9.95. The van der Waals surface area contributed by atoms with Gasteiger partial charge in [-0.25, -0.2) is 9.80 Å². The molecule has 0 bridgehead atoms. The number of hydrogen-bond acceptors (Lipinski definition) is 3. The molecule has 1 aliphatic heterocycles. The average Bonchev–Trinajstić information content (AvgIpc) is 2.62. The summed E-state index contributed by atoms with van der Waals surface area (Å²) >= 11 is 1.46. The van der Waals surface area contributed by atoms with Gasteiger partial charge in [-0.2, -0.15) is 5.01 Å². The van der Waals surface area contributed by atoms with Gasteiger partial charge in [-0.1, -0.05) is 12.8 Å². The minimum atomic E-state index is -0.885. The summed E-state index contributed by atoms with van der Waals surface area (Å²) in [5, 5.41) is 15.3. The fourth-order valence-corrected chi connectivity index (χ4v) is 2.75. The highest BCUT2D eigenvalue weighted by atomic mass is 32.1. The van der Waals surface area contributed by atoms with Crippen LogP contribution in [0.2, 0.25) is 0 Å². The number of carbonyl (C=O) groups is 1. The van der Waals surface area contributed by atoms with Crippen molar-refractivity contribution in [3.8, 4) is 0 Å². The Morgan fingerprint density at radius 1 is 1.31 bits per heavy atom. The fourth-order valence-electron chi connectivity index (χ4n) is 2.00. The van der Waals surface area contributed by atoms with E-state index in [0.29, 0.717) is 0 Å². The number of hydrogen-bond donors (Lipinski definition) is 1. The van der Waals surface area contributed by atoms with E-state index in [9.17, 15) is 9.90 Å². The van der Waals surface area contributed by atoms with Gasteiger partial charge in [0.25, 0.3) is 0 Å². The first-order valence-corrected chi connectivity index (χ1v) is 6.48. The quantitative estimate of drug-likeness (QED) is 0.864. The molecule has 0 saturated carbocycles. The summed E-state index contributed by atoms with van der Waals surface area (Å²) < 4.78 is 0. The lowest BCUT2D eigenvalue weighted by Gasteiger charge is -2.30. The van der Waals surface area contributed by atoms with Crippen LogP contribution >= 0.6 is 11.3 Å². The highest BCUT2D eigenvalue weighted by Crippen LogP contribution is 2.24. The van der Waals surface area contributed by atoms with Crippen molar-refractivity contribution in [2.24, 2.45) is 0 Å². The van der Waals surface area contributed by atoms with Gasteiger partial charge in [-0.15, -0.1) is 11.3 Å². The van der Waals surface area contributed by atoms with Crippen LogP contribution in [0.1, 0.15) is 25.7 Å². The third-order valence-corrected chi connectivity index (χ3v) is 3.61. The molecule has 2 rings (SSSR count). The second-order valence-electron chi connectivity index (χ2n) is 3.91. The third kappa shape index (κ3) is 2.54. The zero-order valence-electron chi connectivity index (χ0n) is 9.13. The summed E-state index contributed by atoms with van der Waals surface area (Å²) in [5.74, 6) is 0. The summed E-state index contributed by atoms with van der Waals surface area (Å²) in [6.45, 7) is 1.68. The van der Waals surface area contributed by atoms with Crippen molar-refractivity contribution in [2.75, 3.05) is 18.1 Å². The Morgan fingerprint density at radius 3 is 2.50 bits per heavy atom. The first kappa shape index (κ1) is 11.4. The Hall–Kier alpha value is -1.07. The van der Waals surface area contributed by atoms with Crippen LogP contribution in [-0.4, -0.2) is 29.3 Å². The van der Waals surface area contributed by atoms with Gasteiger partial charge in [0.05, 0.1) is 0 Å². The van der Waals surface area contributed by atoms with Crippen molar-refractivity contribution in [3.05, 3.63) is 17.5 Å². The number of rotatable bonds is 2. The van der Waals surface area contributed by atoms with Crippen LogP contribution in [0.4, 0.5) is 9.80 Å². The molecule has 0 aliphatic carbocycles. The Balaban J connectivity index is 2.15. The van der Waals surface area contributed by atoms with Gasteiger partial charge in [0.1, 0.15) is 5.00 Å². The molecule has 0 unspecified atom stereocenters. The molecule has 4 nitrogen and oxygen atoms in total. The number of amides is 1. The molecular weight excluding hydrogens is 224 g/mol. The van der Waals surface area contributed by atoms with Gasteiger partial charge in [0.2, 0.25) is 0 Å². The van der Waals surface area contributed by atoms with E-state index < -0.39 is 6.09 Å². The Morgan fingerprint density at radius 2 is 2.00 bits per heavy atom. The van der Waals surface area contributed by atoms with E-state index in [1.165, 1.54) is 29.2 Å². The van der Waals surface area contributed by atoms with Crippen LogP contribution < -0.4 is 5.01 Å². The van der Waals surface area contributed by atoms with E-state index in [1.54, 1.807) is 0 Å². The SMILES string of the molecule is O=C(O)N(c1cccs1)N1CCCCCC1. The molecule has 1 amide bonds. The predicted molar refractivity (Wildman–Crippen MR) is 64.9 cm³/mol. The third-order valence-electron chi connectivity index (χ3n) is 2.76. The molecule has 1 N–H and O–H groups in total. The predicted octanol–water partition coefficient (Wildman–Crippen LogP) is 3.02. The molecule has 1 aliphatic rings. The molecule has 0 aromatic carbocycles. The van der Waals surface area contributed by atoms with Crippen molar-refractivity contribution in [1.82, 2.24) is 5.01 Å². The first-order valence-electron chi connectivity index (χ1n) is 5.60. The number of anilines is 1. The minimum absolute atomic E-state index is 0.786. The summed E-state index contributed by atoms with van der Waals surface area (Å²) in [4.78, 5) is 11.3. The summed E-state index contributed by atoms with van der Waals surface area (Å²) in [6.07, 6.45) is 3.68. The van der Waals surface area contributed by atoms with Crippen molar-refractivity contribution in [3.63, 3.8) is 0 Å². The average molecular weight is 240 g/mol. The van der Waals surface area contributed by atoms with Crippen LogP contribution in [0.5, 0.6) is 0 Å². The maximum atomic E-state index is 11.3. The number of carboxylic acid groups (broad SMARTS) is 1. The molecular formula is C11H16N2O2S. The summed E-state index contributed by atoms with van der Waals surface area (Å²) in [6, 6.07) is 3.73. The molecule has 5 heteroatoms. The fraction of sp³-hybridized carbons (Fsp3) is 0.545. The maximum Gasteiger partial charge on any atom is 0.427 e. The van der Waals surface area contributed by atoms with Crippen LogP contribution in [0, 0.1) is 0 Å². The van der Waals surface area contributed by atoms with E-state index in [4.69, 9.17) is 0 Å². The lowest BCUT2D eigenvalue weighted by Crippen LogP contribution is -2.46. The minimum Gasteiger partial charge on any atom is -0.464 e. The summed E-state index contributed by atoms with van der Waals surface area (Å²) in [5.41, 5.74) is 0. The van der Waals surface area contributed by atoms with E-state index in [1.807, 2.05) is 22.5 Å². The first-order chi connectivity index (χ1) is 7.79. The lowest BCUT2D eigenvalue weighted by atomic mass is 10.2. The molecule has 0 radical (unpaired) electrons.